The van der Waals surface area contributed by atoms with E-state index >= 15 is 0 Å². The van der Waals surface area contributed by atoms with Gasteiger partial charge in [0.05, 0.1) is 24.3 Å². The van der Waals surface area contributed by atoms with E-state index < -0.39 is 65.9 Å². The van der Waals surface area contributed by atoms with E-state index in [9.17, 15) is 28.8 Å². The van der Waals surface area contributed by atoms with Gasteiger partial charge in [0.2, 0.25) is 23.4 Å². The summed E-state index contributed by atoms with van der Waals surface area (Å²) >= 11 is 1.19. The van der Waals surface area contributed by atoms with Crippen LogP contribution in [0.25, 0.3) is 0 Å². The highest BCUT2D eigenvalue weighted by Crippen LogP contribution is 2.43. The zero-order valence-electron chi connectivity index (χ0n) is 25.1. The second-order valence-electron chi connectivity index (χ2n) is 12.6. The number of rotatable bonds is 11. The second-order valence-corrected chi connectivity index (χ2v) is 13.5. The number of aromatic nitrogens is 1. The molecule has 0 bridgehead atoms. The predicted molar refractivity (Wildman–Crippen MR) is 157 cm³/mol. The number of carbonyl (C=O) groups is 6. The number of urea groups is 1. The van der Waals surface area contributed by atoms with Crippen LogP contribution in [0.1, 0.15) is 76.0 Å². The number of ketones is 2. The molecule has 3 aliphatic rings. The third kappa shape index (κ3) is 7.58. The van der Waals surface area contributed by atoms with Gasteiger partial charge in [0, 0.05) is 24.0 Å². The summed E-state index contributed by atoms with van der Waals surface area (Å²) in [6.07, 6.45) is 5.88. The first-order valence-corrected chi connectivity index (χ1v) is 15.8. The molecule has 0 spiro atoms. The molecule has 3 heterocycles. The molecule has 4 rings (SSSR count). The molecule has 1 aromatic rings. The number of primary amides is 1. The van der Waals surface area contributed by atoms with Gasteiger partial charge in [-0.15, -0.1) is 11.3 Å². The van der Waals surface area contributed by atoms with Crippen LogP contribution in [0.2, 0.25) is 0 Å². The van der Waals surface area contributed by atoms with Crippen LogP contribution in [0.3, 0.4) is 0 Å². The summed E-state index contributed by atoms with van der Waals surface area (Å²) in [5, 5.41) is 10.1. The smallest absolute Gasteiger partial charge is 0.316 e. The molecule has 2 unspecified atom stereocenters. The monoisotopic (exact) mass is 618 g/mol. The summed E-state index contributed by atoms with van der Waals surface area (Å²) in [4.78, 5) is 82.8. The number of thiazole rings is 1. The second kappa shape index (κ2) is 13.5. The van der Waals surface area contributed by atoms with Gasteiger partial charge in [-0.25, -0.2) is 9.78 Å². The lowest BCUT2D eigenvalue weighted by molar-refractivity contribution is -0.143. The number of ether oxygens (including phenoxy) is 1. The van der Waals surface area contributed by atoms with Gasteiger partial charge in [0.15, 0.2) is 5.01 Å². The standard InChI is InChI=1S/C29H42N6O7S/c1-15(2)20(23(37)26-31-10-11-43-26)33-28(41)34-21(16-8-6-5-7-9-16)27(40)35-14-19-17(12-29(3,4)42-19)22(35)25(39)32-13-18(36)24(30)38/h10-11,15-17,19-22H,5-9,12-14H2,1-4H3,(H2,30,38)(H,32,39)(H2,33,34,41)/t17?,19?,20-,21-,22-/m0/s1. The highest BCUT2D eigenvalue weighted by Gasteiger charge is 2.56. The molecule has 0 aromatic carbocycles. The lowest BCUT2D eigenvalue weighted by atomic mass is 9.83. The van der Waals surface area contributed by atoms with Crippen LogP contribution in [-0.4, -0.2) is 88.1 Å². The largest absolute Gasteiger partial charge is 0.370 e. The average molecular weight is 619 g/mol. The lowest BCUT2D eigenvalue weighted by Gasteiger charge is -2.36. The molecule has 1 aliphatic carbocycles. The summed E-state index contributed by atoms with van der Waals surface area (Å²) < 4.78 is 6.19. The molecule has 1 saturated carbocycles. The molecule has 43 heavy (non-hydrogen) atoms. The van der Waals surface area contributed by atoms with Gasteiger partial charge in [-0.05, 0) is 44.9 Å². The maximum atomic E-state index is 14.3. The van der Waals surface area contributed by atoms with Crippen molar-refractivity contribution in [2.75, 3.05) is 13.1 Å². The zero-order valence-corrected chi connectivity index (χ0v) is 25.9. The number of nitrogens with one attached hydrogen (secondary N) is 3. The van der Waals surface area contributed by atoms with Crippen LogP contribution in [0.15, 0.2) is 11.6 Å². The van der Waals surface area contributed by atoms with Crippen LogP contribution < -0.4 is 21.7 Å². The van der Waals surface area contributed by atoms with Crippen molar-refractivity contribution in [2.24, 2.45) is 23.5 Å². The van der Waals surface area contributed by atoms with E-state index in [2.05, 4.69) is 20.9 Å². The first kappa shape index (κ1) is 32.5. The number of carbonyl (C=O) groups excluding carboxylic acids is 6. The number of hydrogen-bond acceptors (Lipinski definition) is 9. The minimum absolute atomic E-state index is 0.137. The Bertz CT molecular complexity index is 1230. The van der Waals surface area contributed by atoms with Gasteiger partial charge < -0.3 is 31.3 Å². The highest BCUT2D eigenvalue weighted by atomic mass is 32.1. The van der Waals surface area contributed by atoms with Gasteiger partial charge in [0.25, 0.3) is 5.91 Å². The van der Waals surface area contributed by atoms with Crippen molar-refractivity contribution in [1.29, 1.82) is 0 Å². The Kier molecular flexibility index (Phi) is 10.2. The zero-order chi connectivity index (χ0) is 31.5. The van der Waals surface area contributed by atoms with Crippen molar-refractivity contribution < 1.29 is 33.5 Å². The fourth-order valence-electron chi connectivity index (χ4n) is 6.56. The molecule has 14 heteroatoms. The van der Waals surface area contributed by atoms with Crippen LogP contribution in [0.4, 0.5) is 4.79 Å². The number of hydrogen-bond donors (Lipinski definition) is 4. The van der Waals surface area contributed by atoms with E-state index in [-0.39, 0.29) is 35.1 Å². The normalized spacial score (nSPS) is 24.6. The highest BCUT2D eigenvalue weighted by molar-refractivity contribution is 7.11. The van der Waals surface area contributed by atoms with Crippen LogP contribution >= 0.6 is 11.3 Å². The molecule has 5 N–H and O–H groups in total. The minimum atomic E-state index is -1.16. The molecule has 5 amide bonds. The van der Waals surface area contributed by atoms with Crippen molar-refractivity contribution in [3.8, 4) is 0 Å². The molecule has 236 valence electrons. The predicted octanol–water partition coefficient (Wildman–Crippen LogP) is 1.16. The van der Waals surface area contributed by atoms with Crippen molar-refractivity contribution >= 4 is 46.7 Å². The Morgan fingerprint density at radius 1 is 1.12 bits per heavy atom. The molecule has 1 aromatic heterocycles. The maximum Gasteiger partial charge on any atom is 0.316 e. The lowest BCUT2D eigenvalue weighted by Crippen LogP contribution is -2.60. The molecule has 3 fully saturated rings. The van der Waals surface area contributed by atoms with E-state index in [4.69, 9.17) is 10.5 Å². The Labute approximate surface area is 255 Å². The van der Waals surface area contributed by atoms with E-state index in [0.717, 1.165) is 32.1 Å². The topological polar surface area (TPSA) is 190 Å². The number of likely N-dealkylation sites (tertiary alicyclic amines) is 1. The van der Waals surface area contributed by atoms with E-state index in [1.165, 1.54) is 22.4 Å². The molecular formula is C29H42N6O7S. The number of amides is 5. The van der Waals surface area contributed by atoms with E-state index in [1.54, 1.807) is 5.38 Å². The van der Waals surface area contributed by atoms with Crippen molar-refractivity contribution in [1.82, 2.24) is 25.8 Å². The number of Topliss-reactive ketones (excluding diaryl/α,β-unsaturated/α-hetero) is 2. The van der Waals surface area contributed by atoms with Gasteiger partial charge in [-0.1, -0.05) is 33.1 Å². The quantitative estimate of drug-likeness (QED) is 0.210. The van der Waals surface area contributed by atoms with Crippen molar-refractivity contribution in [2.45, 2.75) is 96.1 Å². The molecule has 0 radical (unpaired) electrons. The summed E-state index contributed by atoms with van der Waals surface area (Å²) in [7, 11) is 0. The van der Waals surface area contributed by atoms with Crippen LogP contribution in [0.5, 0.6) is 0 Å². The van der Waals surface area contributed by atoms with Crippen LogP contribution in [0, 0.1) is 17.8 Å². The number of nitrogens with two attached hydrogens (primary N) is 1. The van der Waals surface area contributed by atoms with Crippen molar-refractivity contribution in [3.63, 3.8) is 0 Å². The minimum Gasteiger partial charge on any atom is -0.370 e. The third-order valence-corrected chi connectivity index (χ3v) is 9.38. The van der Waals surface area contributed by atoms with Gasteiger partial charge >= 0.3 is 6.03 Å². The third-order valence-electron chi connectivity index (χ3n) is 8.60. The fourth-order valence-corrected chi connectivity index (χ4v) is 7.17. The van der Waals surface area contributed by atoms with Gasteiger partial charge in [0.1, 0.15) is 12.1 Å². The Balaban J connectivity index is 1.56. The molecule has 2 saturated heterocycles. The molecule has 5 atom stereocenters. The Hall–Kier alpha value is -3.39. The SMILES string of the molecule is CC(C)[C@H](NC(=O)N[C@H](C(=O)N1CC2OC(C)(C)CC2[C@H]1C(=O)NCC(=O)C(N)=O)C1CCCCC1)C(=O)c1nccs1. The van der Waals surface area contributed by atoms with E-state index in [0.29, 0.717) is 6.42 Å². The van der Waals surface area contributed by atoms with Gasteiger partial charge in [-0.3, -0.25) is 24.0 Å². The Morgan fingerprint density at radius 3 is 2.42 bits per heavy atom. The molecule has 13 nitrogen and oxygen atoms in total. The summed E-state index contributed by atoms with van der Waals surface area (Å²) in [5.74, 6) is -4.18. The fraction of sp³-hybridized carbons (Fsp3) is 0.690. The van der Waals surface area contributed by atoms with Crippen molar-refractivity contribution in [3.05, 3.63) is 16.6 Å². The molecule has 2 aliphatic heterocycles. The molecular weight excluding hydrogens is 576 g/mol. The number of fused-ring (bicyclic) bond motifs is 1. The summed E-state index contributed by atoms with van der Waals surface area (Å²) in [6, 6.07) is -3.42. The first-order valence-electron chi connectivity index (χ1n) is 14.9. The Morgan fingerprint density at radius 2 is 1.81 bits per heavy atom. The maximum absolute atomic E-state index is 14.3. The summed E-state index contributed by atoms with van der Waals surface area (Å²) in [6.45, 7) is 7.02. The summed E-state index contributed by atoms with van der Waals surface area (Å²) in [5.41, 5.74) is 4.53. The first-order chi connectivity index (χ1) is 20.3. The van der Waals surface area contributed by atoms with Gasteiger partial charge in [-0.2, -0.15) is 0 Å². The van der Waals surface area contributed by atoms with Crippen LogP contribution in [-0.2, 0) is 23.9 Å². The average Bonchev–Trinajstić information content (AvgIpc) is 3.67. The van der Waals surface area contributed by atoms with E-state index in [1.807, 2.05) is 27.7 Å². The number of nitrogens with zero attached hydrogens (tertiary/aromatic N) is 2.